The number of nitrogens with zero attached hydrogens (tertiary/aromatic N) is 3. The number of benzene rings is 1. The Bertz CT molecular complexity index is 960. The van der Waals surface area contributed by atoms with Crippen molar-refractivity contribution in [1.82, 2.24) is 14.6 Å². The summed E-state index contributed by atoms with van der Waals surface area (Å²) in [5.74, 6) is 1.91. The summed E-state index contributed by atoms with van der Waals surface area (Å²) in [7, 11) is 0. The van der Waals surface area contributed by atoms with Crippen LogP contribution in [0.15, 0.2) is 42.6 Å². The van der Waals surface area contributed by atoms with E-state index in [1.165, 1.54) is 30.4 Å². The topological polar surface area (TPSA) is 65.4 Å². The van der Waals surface area contributed by atoms with Gasteiger partial charge in [-0.1, -0.05) is 37.6 Å². The van der Waals surface area contributed by atoms with Crippen LogP contribution in [0.4, 0.5) is 0 Å². The summed E-state index contributed by atoms with van der Waals surface area (Å²) in [6.45, 7) is 2.28. The predicted octanol–water partition coefficient (Wildman–Crippen LogP) is 4.08. The fourth-order valence-corrected chi connectivity index (χ4v) is 4.35. The number of aromatic nitrogens is 3. The first kappa shape index (κ1) is 15.8. The second-order valence-corrected chi connectivity index (χ2v) is 7.95. The molecule has 2 aliphatic carbocycles. The Labute approximate surface area is 153 Å². The van der Waals surface area contributed by atoms with Gasteiger partial charge in [0.15, 0.2) is 5.65 Å². The third-order valence-electron chi connectivity index (χ3n) is 6.13. The van der Waals surface area contributed by atoms with Gasteiger partial charge >= 0.3 is 0 Å². The molecule has 1 aromatic carbocycles. The van der Waals surface area contributed by atoms with E-state index in [9.17, 15) is 0 Å². The Balaban J connectivity index is 1.49. The molecule has 2 aliphatic rings. The van der Waals surface area contributed by atoms with E-state index < -0.39 is 0 Å². The number of pyridine rings is 1. The third-order valence-corrected chi connectivity index (χ3v) is 6.13. The third kappa shape index (κ3) is 2.42. The smallest absolute Gasteiger partial charge is 0.161 e. The van der Waals surface area contributed by atoms with Gasteiger partial charge in [-0.25, -0.2) is 0 Å². The van der Waals surface area contributed by atoms with Crippen LogP contribution in [0.2, 0.25) is 0 Å². The van der Waals surface area contributed by atoms with Crippen molar-refractivity contribution in [3.63, 3.8) is 0 Å². The second-order valence-electron chi connectivity index (χ2n) is 7.95. The molecule has 1 fully saturated rings. The molecule has 1 saturated carbocycles. The van der Waals surface area contributed by atoms with Crippen molar-refractivity contribution in [3.8, 4) is 5.75 Å². The van der Waals surface area contributed by atoms with Crippen LogP contribution in [0.3, 0.4) is 0 Å². The lowest BCUT2D eigenvalue weighted by atomic mass is 9.70. The number of rotatable bonds is 3. The highest BCUT2D eigenvalue weighted by atomic mass is 16.5. The molecule has 5 heteroatoms. The first-order valence-corrected chi connectivity index (χ1v) is 9.50. The molecule has 2 N–H and O–H groups in total. The van der Waals surface area contributed by atoms with E-state index in [0.29, 0.717) is 0 Å². The van der Waals surface area contributed by atoms with Crippen LogP contribution < -0.4 is 10.5 Å². The number of hydrogen-bond donors (Lipinski definition) is 1. The zero-order valence-corrected chi connectivity index (χ0v) is 15.1. The lowest BCUT2D eigenvalue weighted by Gasteiger charge is -2.36. The molecule has 2 aromatic heterocycles. The first-order chi connectivity index (χ1) is 12.6. The molecule has 0 saturated heterocycles. The number of ether oxygens (including phenoxy) is 1. The molecule has 0 radical (unpaired) electrons. The Morgan fingerprint density at radius 2 is 1.88 bits per heavy atom. The van der Waals surface area contributed by atoms with Crippen molar-refractivity contribution in [2.45, 2.75) is 56.6 Å². The fourth-order valence-electron chi connectivity index (χ4n) is 4.35. The molecule has 5 nitrogen and oxygen atoms in total. The molecule has 2 unspecified atom stereocenters. The van der Waals surface area contributed by atoms with E-state index in [2.05, 4.69) is 45.8 Å². The Morgan fingerprint density at radius 3 is 2.65 bits per heavy atom. The van der Waals surface area contributed by atoms with E-state index in [1.807, 2.05) is 18.3 Å². The molecule has 0 bridgehead atoms. The molecule has 5 rings (SSSR count). The van der Waals surface area contributed by atoms with Gasteiger partial charge in [-0.2, -0.15) is 0 Å². The quantitative estimate of drug-likeness (QED) is 0.774. The zero-order chi connectivity index (χ0) is 17.7. The van der Waals surface area contributed by atoms with Gasteiger partial charge in [0.05, 0.1) is 6.20 Å². The molecule has 0 aliphatic heterocycles. The number of hydrogen-bond acceptors (Lipinski definition) is 4. The van der Waals surface area contributed by atoms with Gasteiger partial charge in [-0.05, 0) is 48.9 Å². The highest BCUT2D eigenvalue weighted by Gasteiger charge is 2.38. The lowest BCUT2D eigenvalue weighted by Crippen LogP contribution is -2.32. The minimum atomic E-state index is 0.0441. The van der Waals surface area contributed by atoms with Crippen LogP contribution in [0.5, 0.6) is 5.75 Å². The van der Waals surface area contributed by atoms with E-state index in [0.717, 1.165) is 30.1 Å². The highest BCUT2D eigenvalue weighted by molar-refractivity contribution is 5.43. The van der Waals surface area contributed by atoms with Gasteiger partial charge in [0.1, 0.15) is 17.7 Å². The van der Waals surface area contributed by atoms with Crippen molar-refractivity contribution in [1.29, 1.82) is 0 Å². The summed E-state index contributed by atoms with van der Waals surface area (Å²) in [4.78, 5) is 0. The Morgan fingerprint density at radius 1 is 1.08 bits per heavy atom. The molecule has 3 aromatic rings. The van der Waals surface area contributed by atoms with Crippen LogP contribution in [0.25, 0.3) is 5.65 Å². The number of fused-ring (bicyclic) bond motifs is 2. The van der Waals surface area contributed by atoms with Gasteiger partial charge in [0.25, 0.3) is 0 Å². The average Bonchev–Trinajstić information content (AvgIpc) is 3.06. The SMILES string of the molecule is CC1(c2nnc3ccc(OC4CCC(N)c5ccccc54)cn23)CCC1. The first-order valence-electron chi connectivity index (χ1n) is 9.50. The van der Waals surface area contributed by atoms with Crippen LogP contribution >= 0.6 is 0 Å². The number of nitrogens with two attached hydrogens (primary N) is 1. The van der Waals surface area contributed by atoms with Crippen molar-refractivity contribution in [2.75, 3.05) is 0 Å². The molecule has 0 amide bonds. The Hall–Kier alpha value is -2.40. The van der Waals surface area contributed by atoms with Gasteiger partial charge in [-0.3, -0.25) is 4.40 Å². The van der Waals surface area contributed by atoms with Crippen molar-refractivity contribution in [3.05, 3.63) is 59.5 Å². The highest BCUT2D eigenvalue weighted by Crippen LogP contribution is 2.43. The van der Waals surface area contributed by atoms with Crippen LogP contribution in [0, 0.1) is 0 Å². The minimum absolute atomic E-state index is 0.0441. The van der Waals surface area contributed by atoms with Crippen LogP contribution in [-0.4, -0.2) is 14.6 Å². The van der Waals surface area contributed by atoms with Crippen molar-refractivity contribution >= 4 is 5.65 Å². The molecule has 2 heterocycles. The Kier molecular flexibility index (Phi) is 3.54. The maximum absolute atomic E-state index is 6.39. The van der Waals surface area contributed by atoms with E-state index >= 15 is 0 Å². The molecule has 134 valence electrons. The summed E-state index contributed by atoms with van der Waals surface area (Å²) in [5, 5.41) is 8.81. The zero-order valence-electron chi connectivity index (χ0n) is 15.1. The van der Waals surface area contributed by atoms with Crippen LogP contribution in [0.1, 0.15) is 68.1 Å². The van der Waals surface area contributed by atoms with Gasteiger partial charge in [0.2, 0.25) is 0 Å². The standard InChI is InChI=1S/C21H24N4O/c1-21(11-4-12-21)20-24-23-19-10-7-14(13-25(19)20)26-18-9-8-17(22)15-5-2-3-6-16(15)18/h2-3,5-7,10,13,17-18H,4,8-9,11-12,22H2,1H3. The lowest BCUT2D eigenvalue weighted by molar-refractivity contribution is 0.176. The summed E-state index contributed by atoms with van der Waals surface area (Å²) in [6, 6.07) is 12.5. The van der Waals surface area contributed by atoms with Crippen LogP contribution in [-0.2, 0) is 5.41 Å². The van der Waals surface area contributed by atoms with Gasteiger partial charge in [0, 0.05) is 11.5 Å². The maximum Gasteiger partial charge on any atom is 0.161 e. The van der Waals surface area contributed by atoms with E-state index in [4.69, 9.17) is 10.5 Å². The largest absolute Gasteiger partial charge is 0.484 e. The predicted molar refractivity (Wildman–Crippen MR) is 100 cm³/mol. The maximum atomic E-state index is 6.39. The summed E-state index contributed by atoms with van der Waals surface area (Å²) >= 11 is 0. The van der Waals surface area contributed by atoms with Gasteiger partial charge < -0.3 is 10.5 Å². The van der Waals surface area contributed by atoms with Crippen molar-refractivity contribution in [2.24, 2.45) is 5.73 Å². The molecular weight excluding hydrogens is 324 g/mol. The normalized spacial score (nSPS) is 24.1. The minimum Gasteiger partial charge on any atom is -0.484 e. The summed E-state index contributed by atoms with van der Waals surface area (Å²) in [6.07, 6.45) is 7.58. The molecular formula is C21H24N4O. The summed E-state index contributed by atoms with van der Waals surface area (Å²) < 4.78 is 8.50. The molecule has 2 atom stereocenters. The second kappa shape index (κ2) is 5.81. The fraction of sp³-hybridized carbons (Fsp3) is 0.429. The van der Waals surface area contributed by atoms with Gasteiger partial charge in [-0.15, -0.1) is 10.2 Å². The summed E-state index contributed by atoms with van der Waals surface area (Å²) in [5.41, 5.74) is 9.71. The molecule has 26 heavy (non-hydrogen) atoms. The van der Waals surface area contributed by atoms with E-state index in [1.54, 1.807) is 0 Å². The molecule has 0 spiro atoms. The van der Waals surface area contributed by atoms with Crippen molar-refractivity contribution < 1.29 is 4.74 Å². The van der Waals surface area contributed by atoms with E-state index in [-0.39, 0.29) is 17.6 Å². The average molecular weight is 348 g/mol. The monoisotopic (exact) mass is 348 g/mol.